The van der Waals surface area contributed by atoms with Crippen molar-refractivity contribution in [3.63, 3.8) is 0 Å². The van der Waals surface area contributed by atoms with Crippen LogP contribution < -0.4 is 60.2 Å². The number of rotatable bonds is 12. The Morgan fingerprint density at radius 3 is 0.491 bits per heavy atom. The molecule has 5 radical (unpaired) electrons. The second-order valence-electron chi connectivity index (χ2n) is 11.8. The first-order valence-corrected chi connectivity index (χ1v) is 22.7. The Morgan fingerprint density at radius 2 is 0.386 bits per heavy atom. The van der Waals surface area contributed by atoms with Crippen molar-refractivity contribution in [1.82, 2.24) is 0 Å². The quantitative estimate of drug-likeness (QED) is 0.0907. The molecule has 0 saturated heterocycles. The van der Waals surface area contributed by atoms with Crippen molar-refractivity contribution in [2.45, 2.75) is 0 Å². The first kappa shape index (κ1) is 45.6. The average Bonchev–Trinajstić information content (AvgIpc) is 3.90. The topological polar surface area (TPSA) is 55.4 Å². The summed E-state index contributed by atoms with van der Waals surface area (Å²) < 4.78 is 31.8. The zero-order valence-electron chi connectivity index (χ0n) is 32.8. The van der Waals surface area contributed by atoms with Crippen LogP contribution in [0, 0.1) is 32.1 Å². The fraction of sp³-hybridized carbons (Fsp3) is 0.128. The van der Waals surface area contributed by atoms with E-state index >= 15 is 0 Å². The van der Waals surface area contributed by atoms with Crippen LogP contribution in [-0.2, 0) is 17.3 Å². The van der Waals surface area contributed by atoms with E-state index in [-0.39, 0.29) is 0 Å². The van der Waals surface area contributed by atoms with Gasteiger partial charge in [-0.3, -0.25) is 0 Å². The zero-order valence-corrected chi connectivity index (χ0v) is 37.1. The van der Waals surface area contributed by atoms with E-state index in [9.17, 15) is 0 Å². The Morgan fingerprint density at radius 1 is 0.263 bits per heavy atom. The predicted molar refractivity (Wildman–Crippen MR) is 237 cm³/mol. The monoisotopic (exact) mass is 906 g/mol. The van der Waals surface area contributed by atoms with Crippen LogP contribution in [0.5, 0.6) is 34.5 Å². The van der Waals surface area contributed by atoms with Crippen LogP contribution in [0.25, 0.3) is 0 Å². The van der Waals surface area contributed by atoms with Crippen LogP contribution in [0.2, 0.25) is 0 Å². The molecule has 0 unspecified atom stereocenters. The maximum absolute atomic E-state index is 5.30. The summed E-state index contributed by atoms with van der Waals surface area (Å²) in [5.74, 6) is 5.18. The van der Waals surface area contributed by atoms with Gasteiger partial charge in [-0.2, -0.15) is 0 Å². The molecule has 0 amide bonds. The minimum absolute atomic E-state index is 0.665. The Hall–Kier alpha value is -4.11. The molecule has 0 spiro atoms. The molecular weight excluding hydrogens is 859 g/mol. The number of benzene rings is 6. The van der Waals surface area contributed by atoms with E-state index in [1.807, 2.05) is 122 Å². The summed E-state index contributed by atoms with van der Waals surface area (Å²) in [6.45, 7) is 0. The fourth-order valence-electron chi connectivity index (χ4n) is 5.60. The second kappa shape index (κ2) is 25.3. The first-order chi connectivity index (χ1) is 28.0. The van der Waals surface area contributed by atoms with Crippen molar-refractivity contribution in [3.8, 4) is 34.5 Å². The van der Waals surface area contributed by atoms with Crippen LogP contribution in [0.15, 0.2) is 146 Å². The van der Waals surface area contributed by atoms with E-state index in [0.29, 0.717) is 0 Å². The predicted octanol–water partition coefficient (Wildman–Crippen LogP) is 8.65. The summed E-state index contributed by atoms with van der Waals surface area (Å²) >= 11 is 1.82. The standard InChI is InChI=1S/2C21H21O3P.C5H5.ClH.Ru/c2*1-22-16-4-10-19(11-5-16)25(20-12-6-17(23-2)7-13-20)21-14-8-18(24-3)9-15-21;1-2-4-5-3-1;;/h2*4-15H,1-3H3;1-5H;1H;/q;;;;+2/p-1. The van der Waals surface area contributed by atoms with Gasteiger partial charge in [0.25, 0.3) is 0 Å². The molecule has 1 fully saturated rings. The number of ether oxygens (including phenoxy) is 6. The third-order valence-electron chi connectivity index (χ3n) is 8.54. The Balaban J connectivity index is 0.000000216. The number of hydrogen-bond acceptors (Lipinski definition) is 6. The molecule has 10 heteroatoms. The Labute approximate surface area is 356 Å². The summed E-state index contributed by atoms with van der Waals surface area (Å²) in [4.78, 5) is 0. The third kappa shape index (κ3) is 13.8. The van der Waals surface area contributed by atoms with Gasteiger partial charge in [-0.1, -0.05) is 72.8 Å². The molecule has 0 aliphatic heterocycles. The van der Waals surface area contributed by atoms with E-state index in [1.165, 1.54) is 31.8 Å². The van der Waals surface area contributed by atoms with Crippen molar-refractivity contribution >= 4 is 57.4 Å². The minimum atomic E-state index is -0.665. The van der Waals surface area contributed by atoms with Gasteiger partial charge in [0.2, 0.25) is 0 Å². The molecule has 6 aromatic carbocycles. The normalized spacial score (nSPS) is 11.5. The van der Waals surface area contributed by atoms with Gasteiger partial charge < -0.3 is 28.4 Å². The van der Waals surface area contributed by atoms with E-state index < -0.39 is 15.8 Å². The molecule has 57 heavy (non-hydrogen) atoms. The molecular formula is C47H47ClO6P2Ru+. The molecule has 1 saturated carbocycles. The summed E-state index contributed by atoms with van der Waals surface area (Å²) in [6, 6.07) is 49.8. The molecule has 6 aromatic rings. The van der Waals surface area contributed by atoms with E-state index in [2.05, 4.69) is 82.5 Å². The van der Waals surface area contributed by atoms with Gasteiger partial charge in [0.15, 0.2) is 0 Å². The van der Waals surface area contributed by atoms with Crippen LogP contribution in [0.4, 0.5) is 0 Å². The van der Waals surface area contributed by atoms with Crippen molar-refractivity contribution in [1.29, 1.82) is 0 Å². The molecule has 0 atom stereocenters. The number of halogens is 1. The van der Waals surface area contributed by atoms with Crippen LogP contribution in [0.1, 0.15) is 0 Å². The summed E-state index contributed by atoms with van der Waals surface area (Å²) in [5, 5.41) is 7.62. The second-order valence-corrected chi connectivity index (χ2v) is 16.3. The van der Waals surface area contributed by atoms with Gasteiger partial charge in [0, 0.05) is 0 Å². The van der Waals surface area contributed by atoms with Gasteiger partial charge in [-0.25, -0.2) is 0 Å². The molecule has 7 rings (SSSR count). The van der Waals surface area contributed by atoms with Crippen molar-refractivity contribution in [2.24, 2.45) is 0 Å². The van der Waals surface area contributed by atoms with E-state index in [0.717, 1.165) is 34.5 Å². The van der Waals surface area contributed by atoms with Gasteiger partial charge in [-0.15, -0.1) is 0 Å². The van der Waals surface area contributed by atoms with Gasteiger partial charge in [-0.05, 0) is 153 Å². The van der Waals surface area contributed by atoms with Crippen LogP contribution in [-0.4, -0.2) is 42.7 Å². The molecule has 1 aliphatic rings. The summed E-state index contributed by atoms with van der Waals surface area (Å²) in [6.07, 6.45) is 10.0. The van der Waals surface area contributed by atoms with Crippen molar-refractivity contribution < 1.29 is 45.7 Å². The van der Waals surface area contributed by atoms with Gasteiger partial charge in [0.1, 0.15) is 34.5 Å². The molecule has 0 bridgehead atoms. The van der Waals surface area contributed by atoms with E-state index in [1.54, 1.807) is 42.7 Å². The summed E-state index contributed by atoms with van der Waals surface area (Å²) in [5.41, 5.74) is 0. The molecule has 6 nitrogen and oxygen atoms in total. The van der Waals surface area contributed by atoms with Crippen LogP contribution in [0.3, 0.4) is 0 Å². The third-order valence-corrected chi connectivity index (χ3v) is 13.4. The molecule has 0 aromatic heterocycles. The molecule has 0 N–H and O–H groups in total. The average molecular weight is 906 g/mol. The maximum atomic E-state index is 5.30. The first-order valence-electron chi connectivity index (χ1n) is 17.7. The Kier molecular flexibility index (Phi) is 20.2. The number of hydrogen-bond donors (Lipinski definition) is 0. The van der Waals surface area contributed by atoms with Crippen LogP contribution >= 0.6 is 25.5 Å². The summed E-state index contributed by atoms with van der Waals surface area (Å²) in [7, 11) is 13.4. The zero-order chi connectivity index (χ0) is 40.8. The molecule has 1 aliphatic carbocycles. The Bertz CT molecular complexity index is 1600. The van der Waals surface area contributed by atoms with E-state index in [4.69, 9.17) is 28.4 Å². The van der Waals surface area contributed by atoms with Gasteiger partial charge in [0.05, 0.1) is 42.7 Å². The molecule has 0 heterocycles. The van der Waals surface area contributed by atoms with Crippen molar-refractivity contribution in [2.75, 3.05) is 42.7 Å². The number of methoxy groups -OCH3 is 6. The molecule has 295 valence electrons. The fourth-order valence-corrected chi connectivity index (χ4v) is 10.1. The van der Waals surface area contributed by atoms with Crippen molar-refractivity contribution in [3.05, 3.63) is 178 Å². The van der Waals surface area contributed by atoms with Gasteiger partial charge >= 0.3 is 27.0 Å². The SMILES string of the molecule is COc1ccc(P(c2ccc(OC)cc2)c2ccc(OC)cc2)cc1.COc1ccc(P(c2ccc(OC)cc2)c2ccc(OC)cc2)cc1.[CH]1[CH][CH][CH][CH]1.[Cl][Ru+].